The molecule has 0 spiro atoms. The molecule has 234 valence electrons. The summed E-state index contributed by atoms with van der Waals surface area (Å²) in [6.07, 6.45) is 10.00. The summed E-state index contributed by atoms with van der Waals surface area (Å²) in [5.41, 5.74) is 4.04. The van der Waals surface area contributed by atoms with Crippen LogP contribution in [0.4, 0.5) is 11.4 Å². The summed E-state index contributed by atoms with van der Waals surface area (Å²) < 4.78 is 3.70. The first-order chi connectivity index (χ1) is 22.1. The Hall–Kier alpha value is -3.84. The number of nitrogens with zero attached hydrogens (tertiary/aromatic N) is 7. The quantitative estimate of drug-likeness (QED) is 0.245. The molecule has 2 bridgehead atoms. The molecule has 0 aliphatic carbocycles. The van der Waals surface area contributed by atoms with E-state index in [4.69, 9.17) is 24.4 Å². The summed E-state index contributed by atoms with van der Waals surface area (Å²) in [7, 11) is 0. The molecular weight excluding hydrogens is 601 g/mol. The van der Waals surface area contributed by atoms with Gasteiger partial charge in [0.25, 0.3) is 0 Å². The highest BCUT2D eigenvalue weighted by Crippen LogP contribution is 2.36. The summed E-state index contributed by atoms with van der Waals surface area (Å²) in [5.74, 6) is 1.52. The first-order valence-electron chi connectivity index (χ1n) is 15.8. The zero-order valence-corrected chi connectivity index (χ0v) is 27.0. The number of fused-ring (bicyclic) bond motifs is 3. The molecule has 0 saturated carbocycles. The van der Waals surface area contributed by atoms with E-state index in [9.17, 15) is 0 Å². The zero-order chi connectivity index (χ0) is 30.6. The van der Waals surface area contributed by atoms with Crippen LogP contribution in [0.15, 0.2) is 85.5 Å². The number of anilines is 2. The summed E-state index contributed by atoms with van der Waals surface area (Å²) in [5, 5.41) is 20.3. The predicted octanol–water partition coefficient (Wildman–Crippen LogP) is 4.07. The van der Waals surface area contributed by atoms with Gasteiger partial charge in [-0.25, -0.2) is 9.36 Å². The Labute approximate surface area is 275 Å². The van der Waals surface area contributed by atoms with Gasteiger partial charge >= 0.3 is 0 Å². The van der Waals surface area contributed by atoms with Crippen molar-refractivity contribution >= 4 is 46.0 Å². The lowest BCUT2D eigenvalue weighted by atomic mass is 9.75. The van der Waals surface area contributed by atoms with E-state index < -0.39 is 0 Å². The number of aromatic nitrogens is 4. The van der Waals surface area contributed by atoms with E-state index in [1.54, 1.807) is 12.4 Å². The first-order valence-corrected chi connectivity index (χ1v) is 16.7. The standard InChI is InChI=1S/C33H40N10S2/c44-32(37-27-3-7-29(8-4-27)42-14-1-12-35-42)34-22-31-21-25-11-16-41(31)24-26(25)23-39-17-19-40(20-18-39)33(45)38-28-5-9-30(10-6-28)43-15-2-13-36-43/h1-10,12-15,25-26,31H,11,16-24H2,(H,38,45)(H2,34,37,44). The summed E-state index contributed by atoms with van der Waals surface area (Å²) in [4.78, 5) is 7.64. The molecule has 6 heterocycles. The van der Waals surface area contributed by atoms with Gasteiger partial charge in [0.05, 0.1) is 11.4 Å². The zero-order valence-electron chi connectivity index (χ0n) is 25.3. The van der Waals surface area contributed by atoms with Crippen molar-refractivity contribution in [3.8, 4) is 11.4 Å². The number of hydrogen-bond acceptors (Lipinski definition) is 6. The second kappa shape index (κ2) is 13.7. The molecule has 4 aliphatic heterocycles. The number of benzene rings is 2. The van der Waals surface area contributed by atoms with E-state index in [2.05, 4.69) is 65.1 Å². The van der Waals surface area contributed by atoms with Crippen molar-refractivity contribution in [3.05, 3.63) is 85.5 Å². The number of piperazine rings is 1. The maximum atomic E-state index is 5.77. The number of rotatable bonds is 8. The van der Waals surface area contributed by atoms with Crippen LogP contribution in [-0.4, -0.2) is 103 Å². The third-order valence-corrected chi connectivity index (χ3v) is 10.1. The molecule has 45 heavy (non-hydrogen) atoms. The van der Waals surface area contributed by atoms with Crippen LogP contribution in [0.1, 0.15) is 12.8 Å². The Kier molecular flexibility index (Phi) is 9.06. The van der Waals surface area contributed by atoms with Crippen molar-refractivity contribution < 1.29 is 0 Å². The summed E-state index contributed by atoms with van der Waals surface area (Å²) in [6.45, 7) is 8.46. The minimum Gasteiger partial charge on any atom is -0.361 e. The molecule has 4 unspecified atom stereocenters. The fraction of sp³-hybridized carbons (Fsp3) is 0.394. The molecule has 4 atom stereocenters. The van der Waals surface area contributed by atoms with Gasteiger partial charge in [-0.3, -0.25) is 9.80 Å². The Morgan fingerprint density at radius 3 is 1.96 bits per heavy atom. The molecule has 4 saturated heterocycles. The molecule has 4 aromatic rings. The minimum absolute atomic E-state index is 0.538. The molecule has 8 rings (SSSR count). The maximum absolute atomic E-state index is 5.77. The molecule has 12 heteroatoms. The van der Waals surface area contributed by atoms with E-state index in [0.29, 0.717) is 11.2 Å². The molecule has 3 N–H and O–H groups in total. The van der Waals surface area contributed by atoms with Crippen LogP contribution in [-0.2, 0) is 0 Å². The fourth-order valence-corrected chi connectivity index (χ4v) is 7.46. The molecule has 10 nitrogen and oxygen atoms in total. The van der Waals surface area contributed by atoms with Crippen molar-refractivity contribution in [3.63, 3.8) is 0 Å². The monoisotopic (exact) mass is 640 g/mol. The number of hydrogen-bond donors (Lipinski definition) is 3. The van der Waals surface area contributed by atoms with Crippen LogP contribution in [0.3, 0.4) is 0 Å². The van der Waals surface area contributed by atoms with Crippen LogP contribution >= 0.6 is 24.4 Å². The molecular formula is C33H40N10S2. The topological polar surface area (TPSA) is 81.5 Å². The second-order valence-electron chi connectivity index (χ2n) is 12.2. The van der Waals surface area contributed by atoms with Gasteiger partial charge in [-0.05, 0) is 116 Å². The van der Waals surface area contributed by atoms with Crippen molar-refractivity contribution in [1.82, 2.24) is 39.6 Å². The van der Waals surface area contributed by atoms with E-state index >= 15 is 0 Å². The van der Waals surface area contributed by atoms with Crippen LogP contribution in [0, 0.1) is 11.8 Å². The average Bonchev–Trinajstić information content (AvgIpc) is 3.81. The van der Waals surface area contributed by atoms with E-state index in [-0.39, 0.29) is 0 Å². The van der Waals surface area contributed by atoms with Gasteiger partial charge in [0.1, 0.15) is 0 Å². The molecule has 2 aromatic heterocycles. The van der Waals surface area contributed by atoms with Crippen LogP contribution < -0.4 is 16.0 Å². The summed E-state index contributed by atoms with van der Waals surface area (Å²) in [6, 6.07) is 20.8. The number of thiocarbonyl (C=S) groups is 2. The fourth-order valence-electron chi connectivity index (χ4n) is 6.96. The van der Waals surface area contributed by atoms with Crippen molar-refractivity contribution in [2.75, 3.05) is 63.0 Å². The Morgan fingerprint density at radius 2 is 1.40 bits per heavy atom. The maximum Gasteiger partial charge on any atom is 0.173 e. The highest BCUT2D eigenvalue weighted by Gasteiger charge is 2.40. The molecule has 4 aliphatic rings. The third kappa shape index (κ3) is 7.19. The largest absolute Gasteiger partial charge is 0.361 e. The molecule has 0 radical (unpaired) electrons. The Bertz CT molecular complexity index is 1550. The third-order valence-electron chi connectivity index (χ3n) is 9.45. The van der Waals surface area contributed by atoms with Crippen LogP contribution in [0.5, 0.6) is 0 Å². The number of piperidine rings is 3. The molecule has 4 fully saturated rings. The van der Waals surface area contributed by atoms with Gasteiger partial charge in [-0.15, -0.1) is 0 Å². The second-order valence-corrected chi connectivity index (χ2v) is 13.0. The Morgan fingerprint density at radius 1 is 0.778 bits per heavy atom. The van der Waals surface area contributed by atoms with Crippen molar-refractivity contribution in [2.24, 2.45) is 11.8 Å². The normalized spacial score (nSPS) is 23.1. The summed E-state index contributed by atoms with van der Waals surface area (Å²) >= 11 is 11.4. The van der Waals surface area contributed by atoms with Crippen molar-refractivity contribution in [2.45, 2.75) is 18.9 Å². The highest BCUT2D eigenvalue weighted by atomic mass is 32.1. The van der Waals surface area contributed by atoms with Gasteiger partial charge < -0.3 is 20.9 Å². The lowest BCUT2D eigenvalue weighted by Gasteiger charge is -2.51. The lowest BCUT2D eigenvalue weighted by Crippen LogP contribution is -2.59. The van der Waals surface area contributed by atoms with Gasteiger partial charge in [0.2, 0.25) is 0 Å². The van der Waals surface area contributed by atoms with Gasteiger partial charge in [0.15, 0.2) is 10.2 Å². The minimum atomic E-state index is 0.538. The predicted molar refractivity (Wildman–Crippen MR) is 187 cm³/mol. The van der Waals surface area contributed by atoms with Crippen LogP contribution in [0.2, 0.25) is 0 Å². The Balaban J connectivity index is 0.822. The van der Waals surface area contributed by atoms with E-state index in [0.717, 1.165) is 72.4 Å². The highest BCUT2D eigenvalue weighted by molar-refractivity contribution is 7.80. The van der Waals surface area contributed by atoms with Gasteiger partial charge in [0, 0.05) is 88.0 Å². The molecule has 2 aromatic carbocycles. The number of nitrogens with one attached hydrogen (secondary N) is 3. The first kappa shape index (κ1) is 29.8. The SMILES string of the molecule is S=C(NCC1CC2CCN1CC2CN1CCN(C(=S)Nc2ccc(-n3cccn3)cc2)CC1)Nc1ccc(-n2cccn2)cc1. The smallest absolute Gasteiger partial charge is 0.173 e. The molecule has 0 amide bonds. The van der Waals surface area contributed by atoms with Gasteiger partial charge in [-0.1, -0.05) is 0 Å². The van der Waals surface area contributed by atoms with E-state index in [1.165, 1.54) is 32.5 Å². The lowest BCUT2D eigenvalue weighted by molar-refractivity contribution is -0.0138. The van der Waals surface area contributed by atoms with Crippen molar-refractivity contribution in [1.29, 1.82) is 0 Å². The van der Waals surface area contributed by atoms with E-state index in [1.807, 2.05) is 58.2 Å². The average molecular weight is 641 g/mol. The van der Waals surface area contributed by atoms with Gasteiger partial charge in [-0.2, -0.15) is 10.2 Å². The van der Waals surface area contributed by atoms with Crippen LogP contribution in [0.25, 0.3) is 11.4 Å².